The van der Waals surface area contributed by atoms with Gasteiger partial charge in [-0.3, -0.25) is 4.79 Å². The molecule has 1 atom stereocenters. The lowest BCUT2D eigenvalue weighted by Gasteiger charge is -2.20. The van der Waals surface area contributed by atoms with Crippen LogP contribution in [0.3, 0.4) is 0 Å². The molecule has 0 radical (unpaired) electrons. The third-order valence-corrected chi connectivity index (χ3v) is 6.47. The first kappa shape index (κ1) is 26.9. The number of rotatable bonds is 11. The Bertz CT molecular complexity index is 1150. The van der Waals surface area contributed by atoms with Crippen LogP contribution in [0.1, 0.15) is 58.0 Å². The van der Waals surface area contributed by atoms with Crippen molar-refractivity contribution in [2.45, 2.75) is 58.3 Å². The highest BCUT2D eigenvalue weighted by Crippen LogP contribution is 2.31. The molecule has 3 aromatic rings. The largest absolute Gasteiger partial charge is 0.495 e. The average molecular weight is 517 g/mol. The minimum absolute atomic E-state index is 0.164. The minimum Gasteiger partial charge on any atom is -0.495 e. The summed E-state index contributed by atoms with van der Waals surface area (Å²) in [5, 5.41) is 12.9. The standard InChI is InChI=1S/C26H33ClN4O3S/c1-16(2)14-31-25(18(5)34-22-10-8-7-9-20(22)17(3)4)29-30-26(31)35-15-24(32)28-21-13-19(27)11-12-23(21)33-6/h7-13,16-18H,14-15H2,1-6H3,(H,28,32). The normalized spacial score (nSPS) is 12.1. The van der Waals surface area contributed by atoms with Crippen molar-refractivity contribution < 1.29 is 14.3 Å². The fourth-order valence-corrected chi connectivity index (χ4v) is 4.57. The van der Waals surface area contributed by atoms with Crippen molar-refractivity contribution in [3.63, 3.8) is 0 Å². The fraction of sp³-hybridized carbons (Fsp3) is 0.423. The van der Waals surface area contributed by atoms with E-state index in [2.05, 4.69) is 49.3 Å². The number of hydrogen-bond donors (Lipinski definition) is 1. The van der Waals surface area contributed by atoms with Crippen molar-refractivity contribution in [3.8, 4) is 11.5 Å². The van der Waals surface area contributed by atoms with Crippen LogP contribution in [0.2, 0.25) is 5.02 Å². The first-order valence-electron chi connectivity index (χ1n) is 11.6. The van der Waals surface area contributed by atoms with Gasteiger partial charge in [0.2, 0.25) is 5.91 Å². The number of anilines is 1. The van der Waals surface area contributed by atoms with Gasteiger partial charge in [-0.25, -0.2) is 0 Å². The van der Waals surface area contributed by atoms with Crippen LogP contribution in [-0.2, 0) is 11.3 Å². The molecule has 1 heterocycles. The number of aromatic nitrogens is 3. The van der Waals surface area contributed by atoms with E-state index in [1.807, 2.05) is 29.7 Å². The Morgan fingerprint density at radius 3 is 2.51 bits per heavy atom. The fourth-order valence-electron chi connectivity index (χ4n) is 3.65. The number of amides is 1. The Kier molecular flexibility index (Phi) is 9.46. The van der Waals surface area contributed by atoms with Crippen LogP contribution in [0.4, 0.5) is 5.69 Å². The van der Waals surface area contributed by atoms with Gasteiger partial charge in [0, 0.05) is 11.6 Å². The molecule has 3 rings (SSSR count). The predicted octanol–water partition coefficient (Wildman–Crippen LogP) is 6.59. The van der Waals surface area contributed by atoms with Gasteiger partial charge in [0.15, 0.2) is 17.1 Å². The van der Waals surface area contributed by atoms with E-state index in [-0.39, 0.29) is 17.8 Å². The van der Waals surface area contributed by atoms with E-state index in [4.69, 9.17) is 21.1 Å². The van der Waals surface area contributed by atoms with Crippen molar-refractivity contribution in [1.82, 2.24) is 14.8 Å². The Hall–Kier alpha value is -2.71. The van der Waals surface area contributed by atoms with Crippen LogP contribution < -0.4 is 14.8 Å². The van der Waals surface area contributed by atoms with Gasteiger partial charge in [-0.15, -0.1) is 10.2 Å². The van der Waals surface area contributed by atoms with E-state index in [1.165, 1.54) is 11.8 Å². The number of nitrogens with one attached hydrogen (secondary N) is 1. The van der Waals surface area contributed by atoms with Gasteiger partial charge in [-0.2, -0.15) is 0 Å². The summed E-state index contributed by atoms with van der Waals surface area (Å²) in [4.78, 5) is 12.7. The summed E-state index contributed by atoms with van der Waals surface area (Å²) in [6, 6.07) is 13.2. The summed E-state index contributed by atoms with van der Waals surface area (Å²) in [7, 11) is 1.55. The molecular formula is C26H33ClN4O3S. The van der Waals surface area contributed by atoms with Gasteiger partial charge in [0.25, 0.3) is 0 Å². The molecule has 1 amide bonds. The molecule has 1 N–H and O–H groups in total. The third-order valence-electron chi connectivity index (χ3n) is 5.27. The van der Waals surface area contributed by atoms with Gasteiger partial charge in [0.1, 0.15) is 11.5 Å². The maximum atomic E-state index is 12.7. The molecule has 35 heavy (non-hydrogen) atoms. The number of methoxy groups -OCH3 is 1. The quantitative estimate of drug-likeness (QED) is 0.290. The number of benzene rings is 2. The molecule has 0 spiro atoms. The van der Waals surface area contributed by atoms with Crippen LogP contribution in [0.25, 0.3) is 0 Å². The molecule has 2 aromatic carbocycles. The summed E-state index contributed by atoms with van der Waals surface area (Å²) >= 11 is 7.41. The molecular weight excluding hydrogens is 484 g/mol. The number of carbonyl (C=O) groups is 1. The van der Waals surface area contributed by atoms with Crippen molar-refractivity contribution in [1.29, 1.82) is 0 Å². The second-order valence-corrected chi connectivity index (χ2v) is 10.4. The summed E-state index contributed by atoms with van der Waals surface area (Å²) < 4.78 is 13.7. The van der Waals surface area contributed by atoms with Crippen molar-refractivity contribution in [2.75, 3.05) is 18.2 Å². The molecule has 188 valence electrons. The van der Waals surface area contributed by atoms with Crippen molar-refractivity contribution in [2.24, 2.45) is 5.92 Å². The van der Waals surface area contributed by atoms with Gasteiger partial charge in [0.05, 0.1) is 18.6 Å². The number of nitrogens with zero attached hydrogens (tertiary/aromatic N) is 3. The van der Waals surface area contributed by atoms with Gasteiger partial charge in [-0.1, -0.05) is 69.3 Å². The highest BCUT2D eigenvalue weighted by Gasteiger charge is 2.22. The molecule has 0 saturated heterocycles. The highest BCUT2D eigenvalue weighted by atomic mass is 35.5. The molecule has 1 unspecified atom stereocenters. The lowest BCUT2D eigenvalue weighted by atomic mass is 10.0. The van der Waals surface area contributed by atoms with Crippen LogP contribution in [0, 0.1) is 5.92 Å². The van der Waals surface area contributed by atoms with E-state index in [0.717, 1.165) is 17.1 Å². The van der Waals surface area contributed by atoms with Crippen LogP contribution in [0.15, 0.2) is 47.6 Å². The summed E-state index contributed by atoms with van der Waals surface area (Å²) in [6.45, 7) is 11.3. The zero-order chi connectivity index (χ0) is 25.5. The van der Waals surface area contributed by atoms with Gasteiger partial charge < -0.3 is 19.4 Å². The van der Waals surface area contributed by atoms with E-state index in [1.54, 1.807) is 25.3 Å². The number of para-hydroxylation sites is 1. The number of hydrogen-bond acceptors (Lipinski definition) is 6. The molecule has 0 aliphatic rings. The summed E-state index contributed by atoms with van der Waals surface area (Å²) in [5.41, 5.74) is 1.68. The summed E-state index contributed by atoms with van der Waals surface area (Å²) in [5.74, 6) is 2.81. The zero-order valence-corrected chi connectivity index (χ0v) is 22.6. The topological polar surface area (TPSA) is 78.3 Å². The van der Waals surface area contributed by atoms with E-state index in [0.29, 0.717) is 40.0 Å². The number of carbonyl (C=O) groups excluding carboxylic acids is 1. The minimum atomic E-state index is -0.306. The molecule has 0 bridgehead atoms. The van der Waals surface area contributed by atoms with Gasteiger partial charge in [-0.05, 0) is 48.6 Å². The SMILES string of the molecule is COc1ccc(Cl)cc1NC(=O)CSc1nnc(C(C)Oc2ccccc2C(C)C)n1CC(C)C. The molecule has 0 saturated carbocycles. The lowest BCUT2D eigenvalue weighted by molar-refractivity contribution is -0.113. The van der Waals surface area contributed by atoms with Crippen LogP contribution in [0.5, 0.6) is 11.5 Å². The smallest absolute Gasteiger partial charge is 0.234 e. The number of halogens is 1. The first-order chi connectivity index (χ1) is 16.7. The zero-order valence-electron chi connectivity index (χ0n) is 21.0. The molecule has 0 aliphatic carbocycles. The molecule has 0 fully saturated rings. The molecule has 7 nitrogen and oxygen atoms in total. The lowest BCUT2D eigenvalue weighted by Crippen LogP contribution is -2.17. The van der Waals surface area contributed by atoms with Crippen molar-refractivity contribution in [3.05, 3.63) is 58.9 Å². The average Bonchev–Trinajstić information content (AvgIpc) is 3.20. The Morgan fingerprint density at radius 2 is 1.83 bits per heavy atom. The van der Waals surface area contributed by atoms with E-state index in [9.17, 15) is 4.79 Å². The molecule has 1 aromatic heterocycles. The molecule has 9 heteroatoms. The maximum absolute atomic E-state index is 12.7. The van der Waals surface area contributed by atoms with Crippen LogP contribution in [-0.4, -0.2) is 33.5 Å². The Morgan fingerprint density at radius 1 is 1.09 bits per heavy atom. The predicted molar refractivity (Wildman–Crippen MR) is 142 cm³/mol. The van der Waals surface area contributed by atoms with Crippen LogP contribution >= 0.6 is 23.4 Å². The second-order valence-electron chi connectivity index (χ2n) is 8.98. The molecule has 0 aliphatic heterocycles. The van der Waals surface area contributed by atoms with E-state index < -0.39 is 0 Å². The van der Waals surface area contributed by atoms with E-state index >= 15 is 0 Å². The Labute approximate surface area is 216 Å². The summed E-state index contributed by atoms with van der Waals surface area (Å²) in [6.07, 6.45) is -0.306. The van der Waals surface area contributed by atoms with Crippen molar-refractivity contribution >= 4 is 35.0 Å². The van der Waals surface area contributed by atoms with Gasteiger partial charge >= 0.3 is 0 Å². The monoisotopic (exact) mass is 516 g/mol. The first-order valence-corrected chi connectivity index (χ1v) is 13.0. The Balaban J connectivity index is 1.75. The highest BCUT2D eigenvalue weighted by molar-refractivity contribution is 7.99. The number of thioether (sulfide) groups is 1. The second kappa shape index (κ2) is 12.3. The third kappa shape index (κ3) is 7.15. The number of ether oxygens (including phenoxy) is 2. The maximum Gasteiger partial charge on any atom is 0.234 e.